The molecule has 0 unspecified atom stereocenters. The molecule has 1 heteroatoms. The zero-order chi connectivity index (χ0) is 4.12. The third kappa shape index (κ3) is 3.10. The van der Waals surface area contributed by atoms with Crippen LogP contribution in [0.3, 0.4) is 0 Å². The maximum absolute atomic E-state index is 4.60. The van der Waals surface area contributed by atoms with Crippen molar-refractivity contribution in [2.24, 2.45) is 0 Å². The van der Waals surface area contributed by atoms with E-state index >= 15 is 0 Å². The summed E-state index contributed by atoms with van der Waals surface area (Å²) >= 11 is 0. The Morgan fingerprint density at radius 2 is 2.60 bits per heavy atom. The molecule has 0 atom stereocenters. The second kappa shape index (κ2) is 3.10. The monoisotopic (exact) mass is 68.0 g/mol. The second-order valence-electron chi connectivity index (χ2n) is 0.402. The Morgan fingerprint density at radius 3 is 2.60 bits per heavy atom. The largest absolute Gasteiger partial charge is 0.416 e. The molecule has 0 bridgehead atoms. The van der Waals surface area contributed by atoms with E-state index in [-0.39, 0.29) is 0 Å². The molecule has 0 spiro atoms. The van der Waals surface area contributed by atoms with Crippen LogP contribution in [0.15, 0.2) is 12.8 Å². The summed E-state index contributed by atoms with van der Waals surface area (Å²) in [5, 5.41) is 0. The van der Waals surface area contributed by atoms with Gasteiger partial charge in [0.25, 0.3) is 0 Å². The average Bonchev–Trinajstić information content (AvgIpc) is 1.41. The summed E-state index contributed by atoms with van der Waals surface area (Å²) in [7, 11) is 0. The van der Waals surface area contributed by atoms with Crippen LogP contribution in [0, 0.1) is 12.5 Å². The Bertz CT molecular complexity index is 58.5. The maximum Gasteiger partial charge on any atom is 0.112 e. The molecule has 26 valence electrons. The molecule has 1 nitrogen and oxygen atoms in total. The number of terminal acetylenes is 1. The zero-order valence-electron chi connectivity index (χ0n) is 2.77. The molecule has 0 amide bonds. The molecular formula is C4H4O. The highest BCUT2D eigenvalue weighted by Crippen LogP contribution is 1.59. The van der Waals surface area contributed by atoms with Gasteiger partial charge in [-0.3, -0.25) is 0 Å². The third-order valence-electron chi connectivity index (χ3n) is 0.151. The molecule has 0 N–H and O–H groups in total. The topological polar surface area (TPSA) is 9.23 Å². The van der Waals surface area contributed by atoms with Crippen LogP contribution in [0.4, 0.5) is 0 Å². The van der Waals surface area contributed by atoms with Crippen molar-refractivity contribution in [3.8, 4) is 12.5 Å². The minimum atomic E-state index is 1.19. The van der Waals surface area contributed by atoms with Crippen LogP contribution in [0.2, 0.25) is 0 Å². The van der Waals surface area contributed by atoms with Crippen molar-refractivity contribution in [2.75, 3.05) is 0 Å². The lowest BCUT2D eigenvalue weighted by atomic mass is 11.1. The van der Waals surface area contributed by atoms with Gasteiger partial charge in [0.1, 0.15) is 6.11 Å². The van der Waals surface area contributed by atoms with E-state index in [4.69, 9.17) is 0 Å². The number of rotatable bonds is 1. The lowest BCUT2D eigenvalue weighted by Gasteiger charge is -1.70. The molecule has 5 heavy (non-hydrogen) atoms. The van der Waals surface area contributed by atoms with Gasteiger partial charge in [0.2, 0.25) is 0 Å². The Hall–Kier alpha value is -0.900. The summed E-state index contributed by atoms with van der Waals surface area (Å²) in [6.45, 7) is 3.19. The molecule has 0 aromatic rings. The third-order valence-corrected chi connectivity index (χ3v) is 0.151. The molecule has 0 saturated carbocycles. The van der Waals surface area contributed by atoms with E-state index in [0.29, 0.717) is 0 Å². The van der Waals surface area contributed by atoms with Crippen molar-refractivity contribution < 1.29 is 4.74 Å². The van der Waals surface area contributed by atoms with Gasteiger partial charge in [-0.15, -0.1) is 0 Å². The van der Waals surface area contributed by atoms with Gasteiger partial charge in [-0.1, -0.05) is 13.0 Å². The fourth-order valence-corrected chi connectivity index (χ4v) is 0.0481. The van der Waals surface area contributed by atoms with E-state index in [1.54, 1.807) is 0 Å². The first kappa shape index (κ1) is 4.10. The van der Waals surface area contributed by atoms with Crippen LogP contribution >= 0.6 is 0 Å². The summed E-state index contributed by atoms with van der Waals surface area (Å²) in [6, 6.07) is 0. The van der Waals surface area contributed by atoms with E-state index in [1.165, 1.54) is 6.26 Å². The number of hydrogen-bond acceptors (Lipinski definition) is 1. The number of ether oxygens (including phenoxy) is 1. The first-order valence-electron chi connectivity index (χ1n) is 1.14. The minimum Gasteiger partial charge on any atom is -0.416 e. The van der Waals surface area contributed by atoms with Crippen molar-refractivity contribution in [1.29, 1.82) is 0 Å². The highest BCUT2D eigenvalue weighted by atomic mass is 16.5. The van der Waals surface area contributed by atoms with Crippen molar-refractivity contribution in [1.82, 2.24) is 0 Å². The van der Waals surface area contributed by atoms with Crippen LogP contribution in [0.5, 0.6) is 0 Å². The van der Waals surface area contributed by atoms with Crippen LogP contribution < -0.4 is 0 Å². The second-order valence-corrected chi connectivity index (χ2v) is 0.402. The Kier molecular flexibility index (Phi) is 2.54. The molecular weight excluding hydrogens is 64.0 g/mol. The van der Waals surface area contributed by atoms with Gasteiger partial charge in [0.15, 0.2) is 0 Å². The van der Waals surface area contributed by atoms with Gasteiger partial charge >= 0.3 is 0 Å². The summed E-state index contributed by atoms with van der Waals surface area (Å²) < 4.78 is 4.12. The quantitative estimate of drug-likeness (QED) is 0.325. The molecule has 0 aliphatic rings. The lowest BCUT2D eigenvalue weighted by molar-refractivity contribution is 0.443. The molecule has 0 fully saturated rings. The van der Waals surface area contributed by atoms with Gasteiger partial charge in [-0.05, 0) is 0 Å². The Labute approximate surface area is 31.3 Å². The minimum absolute atomic E-state index is 1.19. The first-order valence-corrected chi connectivity index (χ1v) is 1.14. The van der Waals surface area contributed by atoms with Crippen LogP contribution in [0.1, 0.15) is 0 Å². The predicted molar refractivity (Wildman–Crippen MR) is 20.1 cm³/mol. The van der Waals surface area contributed by atoms with Crippen molar-refractivity contribution in [3.63, 3.8) is 0 Å². The SMILES string of the molecule is C#COC=C. The Balaban J connectivity index is 2.75. The van der Waals surface area contributed by atoms with Crippen molar-refractivity contribution in [3.05, 3.63) is 12.8 Å². The van der Waals surface area contributed by atoms with E-state index in [0.717, 1.165) is 0 Å². The standard InChI is InChI=1S/C4H4O/c1-3-5-4-2/h1,4H,2H2. The zero-order valence-corrected chi connectivity index (χ0v) is 2.77. The molecule has 0 aliphatic carbocycles. The number of hydrogen-bond donors (Lipinski definition) is 0. The van der Waals surface area contributed by atoms with Gasteiger partial charge in [-0.2, -0.15) is 0 Å². The summed E-state index contributed by atoms with van der Waals surface area (Å²) in [4.78, 5) is 0. The average molecular weight is 68.1 g/mol. The highest BCUT2D eigenvalue weighted by Gasteiger charge is 1.45. The lowest BCUT2D eigenvalue weighted by Crippen LogP contribution is -1.54. The molecule has 0 aromatic heterocycles. The summed E-state index contributed by atoms with van der Waals surface area (Å²) in [6.07, 6.45) is 7.69. The molecule has 0 saturated heterocycles. The summed E-state index contributed by atoms with van der Waals surface area (Å²) in [5.41, 5.74) is 0. The molecule has 0 aliphatic heterocycles. The van der Waals surface area contributed by atoms with E-state index in [9.17, 15) is 0 Å². The van der Waals surface area contributed by atoms with Gasteiger partial charge in [-0.25, -0.2) is 0 Å². The van der Waals surface area contributed by atoms with Crippen molar-refractivity contribution in [2.45, 2.75) is 0 Å². The van der Waals surface area contributed by atoms with Gasteiger partial charge in [0.05, 0.1) is 6.26 Å². The smallest absolute Gasteiger partial charge is 0.112 e. The van der Waals surface area contributed by atoms with E-state index in [2.05, 4.69) is 17.7 Å². The molecule has 0 aromatic carbocycles. The van der Waals surface area contributed by atoms with E-state index < -0.39 is 0 Å². The van der Waals surface area contributed by atoms with Crippen molar-refractivity contribution >= 4 is 0 Å². The maximum atomic E-state index is 4.60. The van der Waals surface area contributed by atoms with Gasteiger partial charge < -0.3 is 4.74 Å². The van der Waals surface area contributed by atoms with Crippen LogP contribution in [-0.2, 0) is 4.74 Å². The fraction of sp³-hybridized carbons (Fsp3) is 0. The molecule has 0 rings (SSSR count). The molecule has 0 heterocycles. The highest BCUT2D eigenvalue weighted by molar-refractivity contribution is 4.72. The first-order chi connectivity index (χ1) is 2.41. The van der Waals surface area contributed by atoms with Crippen LogP contribution in [0.25, 0.3) is 0 Å². The fourth-order valence-electron chi connectivity index (χ4n) is 0.0481. The molecule has 0 radical (unpaired) electrons. The van der Waals surface area contributed by atoms with Crippen LogP contribution in [-0.4, -0.2) is 0 Å². The summed E-state index contributed by atoms with van der Waals surface area (Å²) in [5.74, 6) is 0. The Morgan fingerprint density at radius 1 is 2.00 bits per heavy atom. The van der Waals surface area contributed by atoms with E-state index in [1.807, 2.05) is 6.11 Å². The predicted octanol–water partition coefficient (Wildman–Crippen LogP) is 0.737. The van der Waals surface area contributed by atoms with Gasteiger partial charge in [0, 0.05) is 0 Å². The normalized spacial score (nSPS) is 4.60.